The summed E-state index contributed by atoms with van der Waals surface area (Å²) >= 11 is 1.42. The van der Waals surface area contributed by atoms with Crippen molar-refractivity contribution in [2.24, 2.45) is 0 Å². The van der Waals surface area contributed by atoms with Crippen molar-refractivity contribution < 1.29 is 4.42 Å². The number of nitrogens with one attached hydrogen (secondary N) is 1. The van der Waals surface area contributed by atoms with Crippen LogP contribution in [0.4, 0.5) is 0 Å². The number of nitrogens with zero attached hydrogens (tertiary/aromatic N) is 2. The van der Waals surface area contributed by atoms with Crippen LogP contribution in [0, 0.1) is 0 Å². The molecule has 0 radical (unpaired) electrons. The van der Waals surface area contributed by atoms with Gasteiger partial charge in [0, 0.05) is 10.1 Å². The van der Waals surface area contributed by atoms with Crippen LogP contribution in [-0.2, 0) is 0 Å². The fourth-order valence-electron chi connectivity index (χ4n) is 1.94. The molecule has 0 amide bonds. The molecule has 1 N–H and O–H groups in total. The molecule has 5 nitrogen and oxygen atoms in total. The van der Waals surface area contributed by atoms with Crippen LogP contribution in [0.3, 0.4) is 0 Å². The zero-order valence-corrected chi connectivity index (χ0v) is 9.25. The van der Waals surface area contributed by atoms with Crippen molar-refractivity contribution in [3.8, 4) is 0 Å². The van der Waals surface area contributed by atoms with E-state index < -0.39 is 0 Å². The molecule has 0 fully saturated rings. The van der Waals surface area contributed by atoms with Gasteiger partial charge in [-0.3, -0.25) is 4.79 Å². The van der Waals surface area contributed by atoms with Crippen LogP contribution in [0.2, 0.25) is 0 Å². The molecule has 0 unspecified atom stereocenters. The number of hydrogen-bond donors (Lipinski definition) is 1. The highest BCUT2D eigenvalue weighted by Crippen LogP contribution is 2.32. The van der Waals surface area contributed by atoms with Crippen molar-refractivity contribution in [3.63, 3.8) is 0 Å². The first-order valence-corrected chi connectivity index (χ1v) is 5.78. The van der Waals surface area contributed by atoms with Crippen molar-refractivity contribution in [1.82, 2.24) is 15.0 Å². The SMILES string of the molecule is O=c1[nH]cnc2c1sc1cc3ncoc3cc12. The molecule has 4 aromatic rings. The molecule has 1 aromatic carbocycles. The molecular weight excluding hydrogens is 238 g/mol. The molecule has 0 spiro atoms. The van der Waals surface area contributed by atoms with Crippen LogP contribution in [-0.4, -0.2) is 15.0 Å². The number of rotatable bonds is 0. The number of thiophene rings is 1. The fourth-order valence-corrected chi connectivity index (χ4v) is 3.00. The maximum Gasteiger partial charge on any atom is 0.268 e. The number of aromatic amines is 1. The first-order valence-electron chi connectivity index (χ1n) is 4.96. The van der Waals surface area contributed by atoms with E-state index in [-0.39, 0.29) is 5.56 Å². The van der Waals surface area contributed by atoms with Crippen LogP contribution >= 0.6 is 11.3 Å². The molecule has 0 saturated carbocycles. The number of fused-ring (bicyclic) bond motifs is 4. The minimum atomic E-state index is -0.110. The first kappa shape index (κ1) is 8.89. The highest BCUT2D eigenvalue weighted by Gasteiger charge is 2.11. The Hall–Kier alpha value is -2.21. The van der Waals surface area contributed by atoms with Crippen molar-refractivity contribution in [3.05, 3.63) is 35.2 Å². The lowest BCUT2D eigenvalue weighted by atomic mass is 10.2. The van der Waals surface area contributed by atoms with Crippen molar-refractivity contribution in [2.45, 2.75) is 0 Å². The molecule has 6 heteroatoms. The normalized spacial score (nSPS) is 11.8. The van der Waals surface area contributed by atoms with Crippen LogP contribution in [0.5, 0.6) is 0 Å². The summed E-state index contributed by atoms with van der Waals surface area (Å²) in [5.74, 6) is 0. The van der Waals surface area contributed by atoms with Gasteiger partial charge < -0.3 is 9.40 Å². The van der Waals surface area contributed by atoms with Gasteiger partial charge in [0.2, 0.25) is 0 Å². The number of oxazole rings is 1. The van der Waals surface area contributed by atoms with E-state index in [1.807, 2.05) is 12.1 Å². The van der Waals surface area contributed by atoms with E-state index in [9.17, 15) is 4.79 Å². The maximum atomic E-state index is 11.7. The monoisotopic (exact) mass is 243 g/mol. The summed E-state index contributed by atoms with van der Waals surface area (Å²) < 4.78 is 6.88. The lowest BCUT2D eigenvalue weighted by molar-refractivity contribution is 0.602. The molecule has 17 heavy (non-hydrogen) atoms. The van der Waals surface area contributed by atoms with Crippen LogP contribution < -0.4 is 5.56 Å². The average molecular weight is 243 g/mol. The molecule has 0 aliphatic heterocycles. The minimum absolute atomic E-state index is 0.110. The third-order valence-corrected chi connectivity index (χ3v) is 3.85. The number of hydrogen-bond acceptors (Lipinski definition) is 5. The van der Waals surface area contributed by atoms with Gasteiger partial charge in [0.25, 0.3) is 5.56 Å². The van der Waals surface area contributed by atoms with Gasteiger partial charge in [-0.1, -0.05) is 0 Å². The second-order valence-corrected chi connectivity index (χ2v) is 4.73. The lowest BCUT2D eigenvalue weighted by Crippen LogP contribution is -2.03. The molecule has 0 aliphatic rings. The van der Waals surface area contributed by atoms with Crippen LogP contribution in [0.25, 0.3) is 31.4 Å². The van der Waals surface area contributed by atoms with Gasteiger partial charge in [0.15, 0.2) is 12.0 Å². The Bertz CT molecular complexity index is 919. The quantitative estimate of drug-likeness (QED) is 0.514. The van der Waals surface area contributed by atoms with Gasteiger partial charge in [-0.2, -0.15) is 0 Å². The lowest BCUT2D eigenvalue weighted by Gasteiger charge is -1.89. The zero-order chi connectivity index (χ0) is 11.4. The summed E-state index contributed by atoms with van der Waals surface area (Å²) in [4.78, 5) is 22.5. The molecule has 82 valence electrons. The summed E-state index contributed by atoms with van der Waals surface area (Å²) in [6, 6.07) is 3.79. The van der Waals surface area contributed by atoms with E-state index in [1.54, 1.807) is 0 Å². The Morgan fingerprint density at radius 2 is 2.24 bits per heavy atom. The molecule has 3 aromatic heterocycles. The number of benzene rings is 1. The molecule has 0 aliphatic carbocycles. The third kappa shape index (κ3) is 1.10. The van der Waals surface area contributed by atoms with Gasteiger partial charge in [0.1, 0.15) is 10.2 Å². The molecule has 3 heterocycles. The first-order chi connectivity index (χ1) is 8.33. The van der Waals surface area contributed by atoms with Crippen molar-refractivity contribution in [2.75, 3.05) is 0 Å². The Morgan fingerprint density at radius 1 is 1.29 bits per heavy atom. The third-order valence-electron chi connectivity index (χ3n) is 2.71. The van der Waals surface area contributed by atoms with E-state index in [0.717, 1.165) is 15.6 Å². The Kier molecular flexibility index (Phi) is 1.53. The minimum Gasteiger partial charge on any atom is -0.443 e. The Balaban J connectivity index is 2.35. The summed E-state index contributed by atoms with van der Waals surface area (Å²) in [5, 5.41) is 0.931. The summed E-state index contributed by atoms with van der Waals surface area (Å²) in [7, 11) is 0. The summed E-state index contributed by atoms with van der Waals surface area (Å²) in [6.45, 7) is 0. The van der Waals surface area contributed by atoms with Crippen molar-refractivity contribution in [1.29, 1.82) is 0 Å². The number of aromatic nitrogens is 3. The van der Waals surface area contributed by atoms with E-state index >= 15 is 0 Å². The highest BCUT2D eigenvalue weighted by atomic mass is 32.1. The fraction of sp³-hybridized carbons (Fsp3) is 0. The zero-order valence-electron chi connectivity index (χ0n) is 8.43. The van der Waals surface area contributed by atoms with Gasteiger partial charge >= 0.3 is 0 Å². The van der Waals surface area contributed by atoms with E-state index in [1.165, 1.54) is 24.1 Å². The largest absolute Gasteiger partial charge is 0.443 e. The van der Waals surface area contributed by atoms with E-state index in [2.05, 4.69) is 15.0 Å². The van der Waals surface area contributed by atoms with Gasteiger partial charge in [0.05, 0.1) is 11.8 Å². The van der Waals surface area contributed by atoms with E-state index in [4.69, 9.17) is 4.42 Å². The van der Waals surface area contributed by atoms with Gasteiger partial charge in [-0.25, -0.2) is 9.97 Å². The predicted molar refractivity (Wildman–Crippen MR) is 65.3 cm³/mol. The highest BCUT2D eigenvalue weighted by molar-refractivity contribution is 7.25. The molecule has 4 rings (SSSR count). The summed E-state index contributed by atoms with van der Waals surface area (Å²) in [6.07, 6.45) is 2.83. The van der Waals surface area contributed by atoms with Crippen molar-refractivity contribution >= 4 is 42.7 Å². The standard InChI is InChI=1S/C11H5N3O2S/c15-11-10-9(12-3-13-11)5-1-7-6(14-4-16-7)2-8(5)17-10/h1-4H,(H,12,13,15). The predicted octanol–water partition coefficient (Wildman–Crippen LogP) is 2.28. The smallest absolute Gasteiger partial charge is 0.268 e. The Morgan fingerprint density at radius 3 is 3.18 bits per heavy atom. The second-order valence-electron chi connectivity index (χ2n) is 3.68. The molecule has 0 saturated heterocycles. The van der Waals surface area contributed by atoms with Gasteiger partial charge in [-0.15, -0.1) is 11.3 Å². The average Bonchev–Trinajstić information content (AvgIpc) is 2.90. The maximum absolute atomic E-state index is 11.7. The topological polar surface area (TPSA) is 71.8 Å². The molecule has 0 atom stereocenters. The summed E-state index contributed by atoms with van der Waals surface area (Å²) in [5.41, 5.74) is 2.10. The molecule has 0 bridgehead atoms. The molecular formula is C11H5N3O2S. The Labute approximate surface area is 97.7 Å². The van der Waals surface area contributed by atoms with Crippen LogP contribution in [0.15, 0.2) is 34.1 Å². The number of H-pyrrole nitrogens is 1. The van der Waals surface area contributed by atoms with E-state index in [0.29, 0.717) is 15.8 Å². The second kappa shape index (κ2) is 2.92. The van der Waals surface area contributed by atoms with Gasteiger partial charge in [-0.05, 0) is 12.1 Å². The van der Waals surface area contributed by atoms with Crippen LogP contribution in [0.1, 0.15) is 0 Å².